The zero-order valence-corrected chi connectivity index (χ0v) is 20.0. The van der Waals surface area contributed by atoms with Crippen molar-refractivity contribution in [3.05, 3.63) is 65.7 Å². The molecule has 0 saturated heterocycles. The Morgan fingerprint density at radius 2 is 1.83 bits per heavy atom. The quantitative estimate of drug-likeness (QED) is 0.309. The molecular weight excluding hydrogens is 475 g/mol. The summed E-state index contributed by atoms with van der Waals surface area (Å²) in [5, 5.41) is 6.92. The summed E-state index contributed by atoms with van der Waals surface area (Å²) in [4.78, 5) is 6.49. The Morgan fingerprint density at radius 3 is 2.48 bits per heavy atom. The third-order valence-electron chi connectivity index (χ3n) is 5.22. The van der Waals surface area contributed by atoms with Crippen molar-refractivity contribution in [2.75, 3.05) is 40.8 Å². The van der Waals surface area contributed by atoms with Gasteiger partial charge in [0.25, 0.3) is 0 Å². The van der Waals surface area contributed by atoms with Gasteiger partial charge in [0, 0.05) is 32.1 Å². The average Bonchev–Trinajstić information content (AvgIpc) is 3.50. The van der Waals surface area contributed by atoms with Crippen LogP contribution in [0.15, 0.2) is 59.6 Å². The van der Waals surface area contributed by atoms with Gasteiger partial charge in [0.2, 0.25) is 0 Å². The van der Waals surface area contributed by atoms with Gasteiger partial charge in [-0.15, -0.1) is 24.0 Å². The maximum Gasteiger partial charge on any atom is 0.191 e. The number of hydrogen-bond donors (Lipinski definition) is 2. The molecule has 0 unspecified atom stereocenters. The van der Waals surface area contributed by atoms with Crippen molar-refractivity contribution < 1.29 is 4.74 Å². The second-order valence-corrected chi connectivity index (χ2v) is 7.72. The lowest BCUT2D eigenvalue weighted by Gasteiger charge is -2.19. The maximum atomic E-state index is 5.82. The normalized spacial score (nSPS) is 14.8. The number of benzene rings is 2. The van der Waals surface area contributed by atoms with E-state index in [1.807, 2.05) is 33.3 Å². The molecule has 0 aliphatic heterocycles. The Morgan fingerprint density at radius 1 is 1.07 bits per heavy atom. The highest BCUT2D eigenvalue weighted by Gasteiger charge is 2.43. The molecule has 0 aromatic heterocycles. The number of halogens is 1. The summed E-state index contributed by atoms with van der Waals surface area (Å²) in [6.45, 7) is 3.21. The van der Waals surface area contributed by atoms with Gasteiger partial charge in [-0.05, 0) is 50.2 Å². The fourth-order valence-electron chi connectivity index (χ4n) is 3.26. The van der Waals surface area contributed by atoms with Crippen LogP contribution in [0.3, 0.4) is 0 Å². The third-order valence-corrected chi connectivity index (χ3v) is 5.22. The molecule has 1 aliphatic carbocycles. The highest BCUT2D eigenvalue weighted by Crippen LogP contribution is 2.47. The van der Waals surface area contributed by atoms with Crippen LogP contribution >= 0.6 is 24.0 Å². The fourth-order valence-corrected chi connectivity index (χ4v) is 3.26. The van der Waals surface area contributed by atoms with Crippen molar-refractivity contribution in [3.63, 3.8) is 0 Å². The summed E-state index contributed by atoms with van der Waals surface area (Å²) in [6.07, 6.45) is 2.46. The molecular formula is C23H33IN4O. The molecule has 3 rings (SSSR count). The van der Waals surface area contributed by atoms with E-state index in [2.05, 4.69) is 63.0 Å². The lowest BCUT2D eigenvalue weighted by atomic mass is 9.96. The zero-order chi connectivity index (χ0) is 19.8. The van der Waals surface area contributed by atoms with Crippen LogP contribution in [0.2, 0.25) is 0 Å². The Balaban J connectivity index is 0.00000300. The maximum absolute atomic E-state index is 5.82. The molecule has 158 valence electrons. The summed E-state index contributed by atoms with van der Waals surface area (Å²) in [5.74, 6) is 1.74. The third kappa shape index (κ3) is 7.19. The summed E-state index contributed by atoms with van der Waals surface area (Å²) in [6, 6.07) is 19.0. The molecule has 0 bridgehead atoms. The molecule has 0 radical (unpaired) electrons. The first-order valence-corrected chi connectivity index (χ1v) is 9.98. The largest absolute Gasteiger partial charge is 0.492 e. The van der Waals surface area contributed by atoms with Crippen molar-refractivity contribution in [1.29, 1.82) is 0 Å². The van der Waals surface area contributed by atoms with Crippen LogP contribution in [-0.2, 0) is 12.0 Å². The zero-order valence-electron chi connectivity index (χ0n) is 17.6. The van der Waals surface area contributed by atoms with Crippen LogP contribution in [-0.4, -0.2) is 51.7 Å². The van der Waals surface area contributed by atoms with Gasteiger partial charge in [-0.3, -0.25) is 4.99 Å². The lowest BCUT2D eigenvalue weighted by Crippen LogP contribution is -2.40. The monoisotopic (exact) mass is 508 g/mol. The van der Waals surface area contributed by atoms with Gasteiger partial charge in [-0.25, -0.2) is 0 Å². The molecule has 0 spiro atoms. The van der Waals surface area contributed by atoms with E-state index in [1.165, 1.54) is 24.0 Å². The van der Waals surface area contributed by atoms with Crippen LogP contribution in [0.1, 0.15) is 24.0 Å². The number of rotatable bonds is 9. The van der Waals surface area contributed by atoms with Crippen LogP contribution in [0.5, 0.6) is 5.75 Å². The number of hydrogen-bond acceptors (Lipinski definition) is 3. The number of nitrogens with zero attached hydrogens (tertiary/aromatic N) is 2. The molecule has 6 heteroatoms. The highest BCUT2D eigenvalue weighted by molar-refractivity contribution is 14.0. The molecule has 2 aromatic carbocycles. The van der Waals surface area contributed by atoms with E-state index in [0.29, 0.717) is 13.2 Å². The van der Waals surface area contributed by atoms with Crippen molar-refractivity contribution in [3.8, 4) is 5.75 Å². The van der Waals surface area contributed by atoms with Gasteiger partial charge in [0.05, 0.1) is 0 Å². The molecule has 5 nitrogen and oxygen atoms in total. The molecule has 1 saturated carbocycles. The Kier molecular flexibility index (Phi) is 9.23. The van der Waals surface area contributed by atoms with Crippen LogP contribution in [0.25, 0.3) is 0 Å². The van der Waals surface area contributed by atoms with Gasteiger partial charge in [-0.1, -0.05) is 42.5 Å². The first-order valence-electron chi connectivity index (χ1n) is 9.98. The molecule has 0 amide bonds. The van der Waals surface area contributed by atoms with Gasteiger partial charge < -0.3 is 20.3 Å². The minimum absolute atomic E-state index is 0. The average molecular weight is 508 g/mol. The van der Waals surface area contributed by atoms with E-state index in [9.17, 15) is 0 Å². The van der Waals surface area contributed by atoms with E-state index < -0.39 is 0 Å². The Hall–Kier alpha value is -1.80. The molecule has 0 atom stereocenters. The van der Waals surface area contributed by atoms with Crippen LogP contribution in [0, 0.1) is 0 Å². The summed E-state index contributed by atoms with van der Waals surface area (Å²) < 4.78 is 5.82. The summed E-state index contributed by atoms with van der Waals surface area (Å²) in [5.41, 5.74) is 2.86. The van der Waals surface area contributed by atoms with E-state index in [-0.39, 0.29) is 29.4 Å². The predicted molar refractivity (Wildman–Crippen MR) is 131 cm³/mol. The van der Waals surface area contributed by atoms with Crippen molar-refractivity contribution in [2.24, 2.45) is 4.99 Å². The van der Waals surface area contributed by atoms with E-state index in [1.54, 1.807) is 0 Å². The molecule has 0 heterocycles. The molecule has 1 fully saturated rings. The lowest BCUT2D eigenvalue weighted by molar-refractivity contribution is 0.261. The molecule has 2 N–H and O–H groups in total. The summed E-state index contributed by atoms with van der Waals surface area (Å²) >= 11 is 0. The number of ether oxygens (including phenoxy) is 1. The second-order valence-electron chi connectivity index (χ2n) is 7.72. The smallest absolute Gasteiger partial charge is 0.191 e. The van der Waals surface area contributed by atoms with E-state index >= 15 is 0 Å². The molecule has 1 aliphatic rings. The van der Waals surface area contributed by atoms with Crippen molar-refractivity contribution in [2.45, 2.75) is 24.8 Å². The minimum atomic E-state index is 0. The van der Waals surface area contributed by atoms with Gasteiger partial charge in [0.1, 0.15) is 12.4 Å². The fraction of sp³-hybridized carbons (Fsp3) is 0.435. The molecule has 29 heavy (non-hydrogen) atoms. The minimum Gasteiger partial charge on any atom is -0.492 e. The highest BCUT2D eigenvalue weighted by atomic mass is 127. The van der Waals surface area contributed by atoms with Gasteiger partial charge in [0.15, 0.2) is 5.96 Å². The number of nitrogens with one attached hydrogen (secondary N) is 2. The standard InChI is InChI=1S/C23H32N4O.HI/c1-24-22(26-18-23(12-13-23)20-9-5-4-6-10-20)25-17-19-8-7-11-21(16-19)28-15-14-27(2)3;/h4-11,16H,12-15,17-18H2,1-3H3,(H2,24,25,26);1H. The Bertz CT molecular complexity index is 775. The SMILES string of the molecule is CN=C(NCc1cccc(OCCN(C)C)c1)NCC1(c2ccccc2)CC1.I. The topological polar surface area (TPSA) is 48.9 Å². The summed E-state index contributed by atoms with van der Waals surface area (Å²) in [7, 11) is 5.91. The van der Waals surface area contributed by atoms with Crippen molar-refractivity contribution >= 4 is 29.9 Å². The number of likely N-dealkylation sites (N-methyl/N-ethyl adjacent to an activating group) is 1. The first kappa shape index (κ1) is 23.5. The van der Waals surface area contributed by atoms with Crippen LogP contribution in [0.4, 0.5) is 0 Å². The first-order chi connectivity index (χ1) is 13.6. The Labute approximate surface area is 192 Å². The predicted octanol–water partition coefficient (Wildman–Crippen LogP) is 3.64. The number of guanidine groups is 1. The number of aliphatic imine (C=N–C) groups is 1. The van der Waals surface area contributed by atoms with Crippen LogP contribution < -0.4 is 15.4 Å². The second kappa shape index (κ2) is 11.4. The van der Waals surface area contributed by atoms with E-state index in [0.717, 1.165) is 24.8 Å². The van der Waals surface area contributed by atoms with Crippen molar-refractivity contribution in [1.82, 2.24) is 15.5 Å². The molecule has 2 aromatic rings. The van der Waals surface area contributed by atoms with Gasteiger partial charge >= 0.3 is 0 Å². The van der Waals surface area contributed by atoms with Gasteiger partial charge in [-0.2, -0.15) is 0 Å². The van der Waals surface area contributed by atoms with E-state index in [4.69, 9.17) is 4.74 Å².